The second-order valence-corrected chi connectivity index (χ2v) is 4.72. The molecule has 0 radical (unpaired) electrons. The Morgan fingerprint density at radius 2 is 1.90 bits per heavy atom. The van der Waals surface area contributed by atoms with Crippen LogP contribution in [0.4, 0.5) is 0 Å². The van der Waals surface area contributed by atoms with Gasteiger partial charge in [0, 0.05) is 10.6 Å². The Balaban J connectivity index is 2.12. The van der Waals surface area contributed by atoms with Gasteiger partial charge in [-0.15, -0.1) is 0 Å². The van der Waals surface area contributed by atoms with Crippen LogP contribution in [0.2, 0.25) is 5.02 Å². The molecule has 0 fully saturated rings. The van der Waals surface area contributed by atoms with Crippen LogP contribution in [0, 0.1) is 0 Å². The van der Waals surface area contributed by atoms with E-state index in [0.717, 1.165) is 11.1 Å². The van der Waals surface area contributed by atoms with Gasteiger partial charge in [-0.1, -0.05) is 41.9 Å². The maximum atomic E-state index is 11.4. The monoisotopic (exact) mass is 290 g/mol. The number of ether oxygens (including phenoxy) is 2. The Kier molecular flexibility index (Phi) is 5.02. The van der Waals surface area contributed by atoms with Crippen molar-refractivity contribution in [3.8, 4) is 5.75 Å². The molecule has 0 atom stereocenters. The maximum absolute atomic E-state index is 11.4. The highest BCUT2D eigenvalue weighted by Crippen LogP contribution is 2.24. The fourth-order valence-corrected chi connectivity index (χ4v) is 1.98. The summed E-state index contributed by atoms with van der Waals surface area (Å²) in [6.45, 7) is 0.441. The van der Waals surface area contributed by atoms with Crippen molar-refractivity contribution in [3.05, 3.63) is 64.7 Å². The Morgan fingerprint density at radius 1 is 1.15 bits per heavy atom. The predicted molar refractivity (Wildman–Crippen MR) is 77.9 cm³/mol. The fourth-order valence-electron chi connectivity index (χ4n) is 1.79. The zero-order chi connectivity index (χ0) is 14.4. The number of benzene rings is 2. The van der Waals surface area contributed by atoms with Gasteiger partial charge in [0.25, 0.3) is 0 Å². The first-order chi connectivity index (χ1) is 9.69. The molecule has 0 aliphatic rings. The second-order valence-electron chi connectivity index (χ2n) is 4.28. The summed E-state index contributed by atoms with van der Waals surface area (Å²) >= 11 is 5.95. The predicted octanol–water partition coefficient (Wildman–Crippen LogP) is 3.63. The van der Waals surface area contributed by atoms with Crippen molar-refractivity contribution in [2.75, 3.05) is 7.11 Å². The van der Waals surface area contributed by atoms with E-state index in [4.69, 9.17) is 16.3 Å². The van der Waals surface area contributed by atoms with Crippen molar-refractivity contribution in [1.29, 1.82) is 0 Å². The summed E-state index contributed by atoms with van der Waals surface area (Å²) in [5, 5.41) is 0.566. The van der Waals surface area contributed by atoms with Crippen LogP contribution >= 0.6 is 11.6 Å². The average Bonchev–Trinajstić information content (AvgIpc) is 2.47. The summed E-state index contributed by atoms with van der Waals surface area (Å²) in [4.78, 5) is 11.4. The zero-order valence-electron chi connectivity index (χ0n) is 11.1. The molecule has 0 saturated heterocycles. The summed E-state index contributed by atoms with van der Waals surface area (Å²) in [6.07, 6.45) is 0.140. The van der Waals surface area contributed by atoms with Gasteiger partial charge in [-0.25, -0.2) is 0 Å². The fraction of sp³-hybridized carbons (Fsp3) is 0.188. The van der Waals surface area contributed by atoms with E-state index in [2.05, 4.69) is 4.74 Å². The van der Waals surface area contributed by atoms with E-state index in [0.29, 0.717) is 17.4 Å². The van der Waals surface area contributed by atoms with Crippen molar-refractivity contribution in [2.45, 2.75) is 13.0 Å². The Hall–Kier alpha value is -2.00. The molecule has 0 aliphatic carbocycles. The lowest BCUT2D eigenvalue weighted by atomic mass is 10.1. The molecule has 2 aromatic carbocycles. The lowest BCUT2D eigenvalue weighted by Crippen LogP contribution is -2.07. The van der Waals surface area contributed by atoms with E-state index in [-0.39, 0.29) is 12.4 Å². The van der Waals surface area contributed by atoms with Gasteiger partial charge in [-0.3, -0.25) is 4.79 Å². The number of rotatable bonds is 5. The maximum Gasteiger partial charge on any atom is 0.310 e. The van der Waals surface area contributed by atoms with E-state index >= 15 is 0 Å². The first-order valence-corrected chi connectivity index (χ1v) is 6.59. The van der Waals surface area contributed by atoms with Gasteiger partial charge in [-0.2, -0.15) is 0 Å². The van der Waals surface area contributed by atoms with E-state index in [1.165, 1.54) is 7.11 Å². The minimum atomic E-state index is -0.322. The smallest absolute Gasteiger partial charge is 0.310 e. The molecule has 0 saturated carbocycles. The largest absolute Gasteiger partial charge is 0.489 e. The van der Waals surface area contributed by atoms with Crippen molar-refractivity contribution in [2.24, 2.45) is 0 Å². The summed E-state index contributed by atoms with van der Waals surface area (Å²) in [5.74, 6) is 0.320. The third kappa shape index (κ3) is 4.00. The number of carbonyl (C=O) groups excluding carboxylic acids is 1. The lowest BCUT2D eigenvalue weighted by Gasteiger charge is -2.11. The third-order valence-electron chi connectivity index (χ3n) is 2.82. The summed E-state index contributed by atoms with van der Waals surface area (Å²) in [6, 6.07) is 15.1. The molecular weight excluding hydrogens is 276 g/mol. The van der Waals surface area contributed by atoms with Crippen LogP contribution in [0.15, 0.2) is 48.5 Å². The van der Waals surface area contributed by atoms with Crippen LogP contribution in [0.5, 0.6) is 5.75 Å². The van der Waals surface area contributed by atoms with Gasteiger partial charge in [0.05, 0.1) is 13.5 Å². The number of hydrogen-bond donors (Lipinski definition) is 0. The van der Waals surface area contributed by atoms with Crippen LogP contribution in [0.1, 0.15) is 11.1 Å². The first kappa shape index (κ1) is 14.4. The Labute approximate surface area is 123 Å². The standard InChI is InChI=1S/C16H15ClO3/c1-19-16(18)10-13-9-14(17)7-8-15(13)20-11-12-5-3-2-4-6-12/h2-9H,10-11H2,1H3. The van der Waals surface area contributed by atoms with Crippen molar-refractivity contribution in [3.63, 3.8) is 0 Å². The molecule has 0 aliphatic heterocycles. The highest BCUT2D eigenvalue weighted by Gasteiger charge is 2.10. The van der Waals surface area contributed by atoms with Crippen LogP contribution in [-0.2, 0) is 22.6 Å². The number of hydrogen-bond acceptors (Lipinski definition) is 3. The molecule has 104 valence electrons. The zero-order valence-corrected chi connectivity index (χ0v) is 11.9. The normalized spacial score (nSPS) is 10.1. The molecule has 2 rings (SSSR count). The Bertz CT molecular complexity index is 582. The SMILES string of the molecule is COC(=O)Cc1cc(Cl)ccc1OCc1ccccc1. The number of halogens is 1. The number of carbonyl (C=O) groups is 1. The van der Waals surface area contributed by atoms with Crippen molar-refractivity contribution < 1.29 is 14.3 Å². The summed E-state index contributed by atoms with van der Waals surface area (Å²) < 4.78 is 10.4. The van der Waals surface area contributed by atoms with Crippen LogP contribution in [0.25, 0.3) is 0 Å². The van der Waals surface area contributed by atoms with Gasteiger partial charge >= 0.3 is 5.97 Å². The van der Waals surface area contributed by atoms with Crippen LogP contribution < -0.4 is 4.74 Å². The van der Waals surface area contributed by atoms with E-state index in [9.17, 15) is 4.79 Å². The van der Waals surface area contributed by atoms with Gasteiger partial charge in [0.2, 0.25) is 0 Å². The van der Waals surface area contributed by atoms with Gasteiger partial charge in [-0.05, 0) is 23.8 Å². The van der Waals surface area contributed by atoms with Gasteiger partial charge < -0.3 is 9.47 Å². The molecule has 0 heterocycles. The highest BCUT2D eigenvalue weighted by atomic mass is 35.5. The topological polar surface area (TPSA) is 35.5 Å². The molecule has 2 aromatic rings. The molecule has 0 amide bonds. The van der Waals surface area contributed by atoms with Crippen LogP contribution in [-0.4, -0.2) is 13.1 Å². The quantitative estimate of drug-likeness (QED) is 0.789. The minimum absolute atomic E-state index is 0.140. The molecule has 0 aromatic heterocycles. The summed E-state index contributed by atoms with van der Waals surface area (Å²) in [7, 11) is 1.36. The van der Waals surface area contributed by atoms with E-state index in [1.807, 2.05) is 30.3 Å². The Morgan fingerprint density at radius 3 is 2.60 bits per heavy atom. The molecule has 0 bridgehead atoms. The van der Waals surface area contributed by atoms with Crippen molar-refractivity contribution >= 4 is 17.6 Å². The second kappa shape index (κ2) is 6.96. The van der Waals surface area contributed by atoms with Gasteiger partial charge in [0.1, 0.15) is 12.4 Å². The molecule has 20 heavy (non-hydrogen) atoms. The highest BCUT2D eigenvalue weighted by molar-refractivity contribution is 6.30. The molecule has 0 unspecified atom stereocenters. The molecule has 3 nitrogen and oxygen atoms in total. The molecular formula is C16H15ClO3. The third-order valence-corrected chi connectivity index (χ3v) is 3.06. The molecule has 4 heteroatoms. The lowest BCUT2D eigenvalue weighted by molar-refractivity contribution is -0.139. The average molecular weight is 291 g/mol. The summed E-state index contributed by atoms with van der Waals surface area (Å²) in [5.41, 5.74) is 1.78. The first-order valence-electron chi connectivity index (χ1n) is 6.21. The minimum Gasteiger partial charge on any atom is -0.489 e. The van der Waals surface area contributed by atoms with E-state index < -0.39 is 0 Å². The van der Waals surface area contributed by atoms with Crippen LogP contribution in [0.3, 0.4) is 0 Å². The van der Waals surface area contributed by atoms with Gasteiger partial charge in [0.15, 0.2) is 0 Å². The number of methoxy groups -OCH3 is 1. The van der Waals surface area contributed by atoms with Crippen molar-refractivity contribution in [1.82, 2.24) is 0 Å². The molecule has 0 spiro atoms. The molecule has 0 N–H and O–H groups in total. The van der Waals surface area contributed by atoms with E-state index in [1.54, 1.807) is 18.2 Å². The number of esters is 1.